The standard InChI is InChI=1S/C18H25N5O2/c1-3-16-15(12-20-23(16)17-6-4-5-7-19-17)18(25)22-10-8-21(9-11-22)13-14(2)24/h4-7,12,14,24H,3,8-11,13H2,1-2H3/t14-/m0/s1. The molecule has 0 aromatic carbocycles. The summed E-state index contributed by atoms with van der Waals surface area (Å²) in [5.74, 6) is 0.746. The van der Waals surface area contributed by atoms with Crippen molar-refractivity contribution in [2.75, 3.05) is 32.7 Å². The van der Waals surface area contributed by atoms with Gasteiger partial charge in [-0.2, -0.15) is 5.10 Å². The van der Waals surface area contributed by atoms with Gasteiger partial charge in [0, 0.05) is 38.9 Å². The third-order valence-electron chi connectivity index (χ3n) is 4.48. The lowest BCUT2D eigenvalue weighted by atomic mass is 10.1. The van der Waals surface area contributed by atoms with E-state index in [4.69, 9.17) is 0 Å². The molecule has 1 aliphatic rings. The molecule has 3 rings (SSSR count). The lowest BCUT2D eigenvalue weighted by Crippen LogP contribution is -2.50. The SMILES string of the molecule is CCc1c(C(=O)N2CCN(C[C@H](C)O)CC2)cnn1-c1ccccn1. The molecule has 1 fully saturated rings. The molecular weight excluding hydrogens is 318 g/mol. The fourth-order valence-corrected chi connectivity index (χ4v) is 3.25. The minimum Gasteiger partial charge on any atom is -0.392 e. The Balaban J connectivity index is 1.74. The second kappa shape index (κ2) is 7.76. The number of carbonyl (C=O) groups excluding carboxylic acids is 1. The number of aliphatic hydroxyl groups excluding tert-OH is 1. The Hall–Kier alpha value is -2.25. The molecule has 7 heteroatoms. The van der Waals surface area contributed by atoms with Crippen molar-refractivity contribution in [3.8, 4) is 5.82 Å². The molecule has 1 atom stereocenters. The van der Waals surface area contributed by atoms with Crippen molar-refractivity contribution in [3.63, 3.8) is 0 Å². The Morgan fingerprint density at radius 2 is 2.04 bits per heavy atom. The van der Waals surface area contributed by atoms with Crippen molar-refractivity contribution in [1.29, 1.82) is 0 Å². The molecule has 0 unspecified atom stereocenters. The number of piperazine rings is 1. The summed E-state index contributed by atoms with van der Waals surface area (Å²) in [5, 5.41) is 13.9. The molecule has 0 bridgehead atoms. The number of carbonyl (C=O) groups is 1. The minimum atomic E-state index is -0.342. The molecule has 0 spiro atoms. The predicted octanol–water partition coefficient (Wildman–Crippen LogP) is 0.968. The summed E-state index contributed by atoms with van der Waals surface area (Å²) in [6.45, 7) is 7.37. The van der Waals surface area contributed by atoms with Crippen LogP contribution in [0.3, 0.4) is 0 Å². The summed E-state index contributed by atoms with van der Waals surface area (Å²) >= 11 is 0. The lowest BCUT2D eigenvalue weighted by Gasteiger charge is -2.35. The molecule has 2 aromatic rings. The van der Waals surface area contributed by atoms with Gasteiger partial charge in [0.05, 0.1) is 23.6 Å². The molecule has 3 heterocycles. The van der Waals surface area contributed by atoms with Crippen LogP contribution in [0.1, 0.15) is 29.9 Å². The third-order valence-corrected chi connectivity index (χ3v) is 4.48. The van der Waals surface area contributed by atoms with Gasteiger partial charge >= 0.3 is 0 Å². The largest absolute Gasteiger partial charge is 0.392 e. The molecule has 0 aliphatic carbocycles. The fourth-order valence-electron chi connectivity index (χ4n) is 3.25. The summed E-state index contributed by atoms with van der Waals surface area (Å²) in [7, 11) is 0. The van der Waals surface area contributed by atoms with Gasteiger partial charge in [0.2, 0.25) is 0 Å². The van der Waals surface area contributed by atoms with Gasteiger partial charge in [0.25, 0.3) is 5.91 Å². The highest BCUT2D eigenvalue weighted by Crippen LogP contribution is 2.17. The average Bonchev–Trinajstić information content (AvgIpc) is 3.06. The number of nitrogens with zero attached hydrogens (tertiary/aromatic N) is 5. The van der Waals surface area contributed by atoms with E-state index in [9.17, 15) is 9.90 Å². The van der Waals surface area contributed by atoms with E-state index in [0.29, 0.717) is 31.6 Å². The van der Waals surface area contributed by atoms with Crippen LogP contribution >= 0.6 is 0 Å². The number of rotatable bonds is 5. The first-order valence-corrected chi connectivity index (χ1v) is 8.78. The number of amides is 1. The first-order chi connectivity index (χ1) is 12.1. The Morgan fingerprint density at radius 3 is 2.64 bits per heavy atom. The highest BCUT2D eigenvalue weighted by Gasteiger charge is 2.26. The highest BCUT2D eigenvalue weighted by atomic mass is 16.3. The normalized spacial score (nSPS) is 16.8. The van der Waals surface area contributed by atoms with Crippen molar-refractivity contribution < 1.29 is 9.90 Å². The van der Waals surface area contributed by atoms with Crippen molar-refractivity contribution in [1.82, 2.24) is 24.6 Å². The maximum Gasteiger partial charge on any atom is 0.257 e. The molecule has 1 saturated heterocycles. The molecule has 25 heavy (non-hydrogen) atoms. The van der Waals surface area contributed by atoms with E-state index >= 15 is 0 Å². The van der Waals surface area contributed by atoms with E-state index in [1.165, 1.54) is 0 Å². The Bertz CT molecular complexity index is 706. The molecule has 2 aromatic heterocycles. The van der Waals surface area contributed by atoms with E-state index < -0.39 is 0 Å². The predicted molar refractivity (Wildman–Crippen MR) is 94.8 cm³/mol. The molecule has 7 nitrogen and oxygen atoms in total. The third kappa shape index (κ3) is 3.88. The van der Waals surface area contributed by atoms with E-state index in [-0.39, 0.29) is 12.0 Å². The van der Waals surface area contributed by atoms with Crippen LogP contribution in [0.15, 0.2) is 30.6 Å². The number of aliphatic hydroxyl groups is 1. The molecule has 134 valence electrons. The summed E-state index contributed by atoms with van der Waals surface area (Å²) < 4.78 is 1.75. The van der Waals surface area contributed by atoms with Crippen LogP contribution in [0.5, 0.6) is 0 Å². The molecule has 1 N–H and O–H groups in total. The molecule has 0 saturated carbocycles. The zero-order chi connectivity index (χ0) is 17.8. The first kappa shape index (κ1) is 17.6. The van der Waals surface area contributed by atoms with Gasteiger partial charge < -0.3 is 10.0 Å². The van der Waals surface area contributed by atoms with Gasteiger partial charge in [-0.05, 0) is 25.5 Å². The zero-order valence-electron chi connectivity index (χ0n) is 14.8. The maximum absolute atomic E-state index is 12.9. The summed E-state index contributed by atoms with van der Waals surface area (Å²) in [4.78, 5) is 21.3. The number of β-amino-alcohol motifs (C(OH)–C–C–N with tert-alkyl or cyclic N) is 1. The number of pyridine rings is 1. The molecule has 0 radical (unpaired) electrons. The second-order valence-electron chi connectivity index (χ2n) is 6.40. The van der Waals surface area contributed by atoms with Gasteiger partial charge in [-0.3, -0.25) is 9.69 Å². The van der Waals surface area contributed by atoms with Crippen molar-refractivity contribution in [2.45, 2.75) is 26.4 Å². The molecule has 1 amide bonds. The van der Waals surface area contributed by atoms with Crippen LogP contribution in [-0.2, 0) is 6.42 Å². The topological polar surface area (TPSA) is 74.5 Å². The van der Waals surface area contributed by atoms with E-state index in [0.717, 1.165) is 24.6 Å². The second-order valence-corrected chi connectivity index (χ2v) is 6.40. The minimum absolute atomic E-state index is 0.0238. The smallest absolute Gasteiger partial charge is 0.257 e. The fraction of sp³-hybridized carbons (Fsp3) is 0.500. The quantitative estimate of drug-likeness (QED) is 0.876. The molecule has 1 aliphatic heterocycles. The first-order valence-electron chi connectivity index (χ1n) is 8.78. The highest BCUT2D eigenvalue weighted by molar-refractivity contribution is 5.95. The van der Waals surface area contributed by atoms with Gasteiger partial charge in [-0.15, -0.1) is 0 Å². The number of hydrogen-bond donors (Lipinski definition) is 1. The van der Waals surface area contributed by atoms with Gasteiger partial charge in [-0.1, -0.05) is 13.0 Å². The van der Waals surface area contributed by atoms with E-state index in [1.807, 2.05) is 30.0 Å². The molecular formula is C18H25N5O2. The van der Waals surface area contributed by atoms with Crippen LogP contribution < -0.4 is 0 Å². The summed E-state index contributed by atoms with van der Waals surface area (Å²) in [5.41, 5.74) is 1.53. The van der Waals surface area contributed by atoms with Gasteiger partial charge in [-0.25, -0.2) is 9.67 Å². The van der Waals surface area contributed by atoms with Crippen LogP contribution in [0.4, 0.5) is 0 Å². The Kier molecular flexibility index (Phi) is 5.45. The average molecular weight is 343 g/mol. The van der Waals surface area contributed by atoms with E-state index in [1.54, 1.807) is 24.0 Å². The van der Waals surface area contributed by atoms with Crippen LogP contribution in [0.25, 0.3) is 5.82 Å². The van der Waals surface area contributed by atoms with Crippen molar-refractivity contribution in [2.24, 2.45) is 0 Å². The van der Waals surface area contributed by atoms with E-state index in [2.05, 4.69) is 15.0 Å². The number of aromatic nitrogens is 3. The van der Waals surface area contributed by atoms with Crippen molar-refractivity contribution >= 4 is 5.91 Å². The maximum atomic E-state index is 12.9. The summed E-state index contributed by atoms with van der Waals surface area (Å²) in [6, 6.07) is 5.65. The van der Waals surface area contributed by atoms with Gasteiger partial charge in [0.1, 0.15) is 0 Å². The van der Waals surface area contributed by atoms with Crippen molar-refractivity contribution in [3.05, 3.63) is 41.9 Å². The Labute approximate surface area is 147 Å². The van der Waals surface area contributed by atoms with Gasteiger partial charge in [0.15, 0.2) is 5.82 Å². The van der Waals surface area contributed by atoms with Crippen LogP contribution in [0, 0.1) is 0 Å². The zero-order valence-corrected chi connectivity index (χ0v) is 14.8. The van der Waals surface area contributed by atoms with Crippen LogP contribution in [0.2, 0.25) is 0 Å². The number of hydrogen-bond acceptors (Lipinski definition) is 5. The Morgan fingerprint density at radius 1 is 1.28 bits per heavy atom. The summed E-state index contributed by atoms with van der Waals surface area (Å²) in [6.07, 6.45) is 3.74. The monoisotopic (exact) mass is 343 g/mol. The van der Waals surface area contributed by atoms with Crippen LogP contribution in [-0.4, -0.2) is 74.4 Å². The lowest BCUT2D eigenvalue weighted by molar-refractivity contribution is 0.0553.